The lowest BCUT2D eigenvalue weighted by Crippen LogP contribution is -2.53. The lowest BCUT2D eigenvalue weighted by atomic mass is 9.47. The van der Waals surface area contributed by atoms with Gasteiger partial charge in [0.15, 0.2) is 5.76 Å². The second-order valence-corrected chi connectivity index (χ2v) is 8.56. The van der Waals surface area contributed by atoms with E-state index in [0.717, 1.165) is 19.3 Å². The molecule has 0 radical (unpaired) electrons. The van der Waals surface area contributed by atoms with Crippen molar-refractivity contribution in [3.05, 3.63) is 22.9 Å². The summed E-state index contributed by atoms with van der Waals surface area (Å²) in [6.07, 6.45) is 7.48. The third-order valence-corrected chi connectivity index (χ3v) is 7.74. The summed E-state index contributed by atoms with van der Waals surface area (Å²) in [5.41, 5.74) is 0.187. The lowest BCUT2D eigenvalue weighted by molar-refractivity contribution is -0.135. The molecule has 4 nitrogen and oxygen atoms in total. The van der Waals surface area contributed by atoms with Crippen LogP contribution in [0.4, 0.5) is 0 Å². The van der Waals surface area contributed by atoms with Crippen molar-refractivity contribution in [2.75, 3.05) is 0 Å². The molecule has 0 aromatic heterocycles. The van der Waals surface area contributed by atoms with Crippen LogP contribution in [0.2, 0.25) is 0 Å². The second kappa shape index (κ2) is 4.55. The van der Waals surface area contributed by atoms with Crippen LogP contribution >= 0.6 is 0 Å². The van der Waals surface area contributed by atoms with E-state index in [0.29, 0.717) is 29.2 Å². The molecular weight excluding hydrogens is 292 g/mol. The number of fused-ring (bicyclic) bond motifs is 5. The highest BCUT2D eigenvalue weighted by Crippen LogP contribution is 2.65. The zero-order valence-electron chi connectivity index (χ0n) is 13.9. The Hall–Kier alpha value is -1.45. The monoisotopic (exact) mass is 318 g/mol. The van der Waals surface area contributed by atoms with Crippen LogP contribution in [0.3, 0.4) is 0 Å². The quantitative estimate of drug-likeness (QED) is 0.621. The van der Waals surface area contributed by atoms with E-state index < -0.39 is 22.7 Å². The van der Waals surface area contributed by atoms with Crippen molar-refractivity contribution in [3.8, 4) is 0 Å². The number of allylic oxidation sites excluding steroid dienone is 2. The van der Waals surface area contributed by atoms with Gasteiger partial charge in [-0.2, -0.15) is 0 Å². The van der Waals surface area contributed by atoms with Gasteiger partial charge in [0, 0.05) is 0 Å². The fourth-order valence-electron chi connectivity index (χ4n) is 6.47. The minimum atomic E-state index is -0.854. The van der Waals surface area contributed by atoms with Crippen LogP contribution in [0.5, 0.6) is 0 Å². The molecule has 4 aliphatic carbocycles. The third kappa shape index (κ3) is 1.70. The molecule has 3 N–H and O–H groups in total. The minimum absolute atomic E-state index is 0.160. The van der Waals surface area contributed by atoms with Crippen LogP contribution in [-0.2, 0) is 4.79 Å². The Morgan fingerprint density at radius 1 is 0.913 bits per heavy atom. The molecule has 0 aromatic rings. The van der Waals surface area contributed by atoms with Crippen molar-refractivity contribution in [1.29, 1.82) is 0 Å². The van der Waals surface area contributed by atoms with Gasteiger partial charge in [0.25, 0.3) is 0 Å². The molecule has 0 heterocycles. The molecule has 0 aromatic carbocycles. The first-order valence-corrected chi connectivity index (χ1v) is 8.90. The molecule has 4 aliphatic rings. The smallest absolute Gasteiger partial charge is 0.211 e. The minimum Gasteiger partial charge on any atom is -0.504 e. The first-order valence-electron chi connectivity index (χ1n) is 8.90. The van der Waals surface area contributed by atoms with Crippen LogP contribution in [-0.4, -0.2) is 21.1 Å². The number of hydrogen-bond donors (Lipinski definition) is 3. The summed E-state index contributed by atoms with van der Waals surface area (Å²) in [6.45, 7) is 4.27. The Labute approximate surface area is 136 Å². The Balaban J connectivity index is 1.80. The van der Waals surface area contributed by atoms with Crippen LogP contribution in [0.25, 0.3) is 0 Å². The van der Waals surface area contributed by atoms with Gasteiger partial charge >= 0.3 is 0 Å². The molecule has 0 unspecified atom stereocenters. The molecule has 23 heavy (non-hydrogen) atoms. The summed E-state index contributed by atoms with van der Waals surface area (Å²) in [5, 5.41) is 30.2. The largest absolute Gasteiger partial charge is 0.504 e. The number of aliphatic hydroxyl groups excluding tert-OH is 3. The molecule has 3 saturated carbocycles. The van der Waals surface area contributed by atoms with E-state index in [2.05, 4.69) is 6.92 Å². The Bertz CT molecular complexity index is 646. The van der Waals surface area contributed by atoms with E-state index >= 15 is 0 Å². The molecular formula is C19H26O4. The van der Waals surface area contributed by atoms with Gasteiger partial charge in [0.05, 0.1) is 5.41 Å². The summed E-state index contributed by atoms with van der Waals surface area (Å²) in [4.78, 5) is 12.9. The summed E-state index contributed by atoms with van der Waals surface area (Å²) in [5.74, 6) is -0.670. The van der Waals surface area contributed by atoms with Gasteiger partial charge in [-0.1, -0.05) is 13.3 Å². The molecule has 3 fully saturated rings. The highest BCUT2D eigenvalue weighted by molar-refractivity contribution is 6.02. The van der Waals surface area contributed by atoms with Crippen LogP contribution in [0.15, 0.2) is 22.9 Å². The molecule has 0 bridgehead atoms. The van der Waals surface area contributed by atoms with Crippen molar-refractivity contribution in [3.63, 3.8) is 0 Å². The fraction of sp³-hybridized carbons (Fsp3) is 0.737. The van der Waals surface area contributed by atoms with Gasteiger partial charge in [-0.25, -0.2) is 0 Å². The van der Waals surface area contributed by atoms with Crippen molar-refractivity contribution in [2.24, 2.45) is 28.6 Å². The SMILES string of the molecule is C[C@@]12CCC[C@H]1[C@@H]1CCC3=C(O)C(O)=C(O)C(=O)[C@]3(C)[C@H]1CC2. The maximum absolute atomic E-state index is 12.9. The number of hydrogen-bond acceptors (Lipinski definition) is 4. The predicted molar refractivity (Wildman–Crippen MR) is 85.9 cm³/mol. The number of carbonyl (C=O) groups is 1. The normalized spacial score (nSPS) is 46.5. The molecule has 4 rings (SSSR count). The maximum atomic E-state index is 12.9. The predicted octanol–water partition coefficient (Wildman–Crippen LogP) is 4.34. The number of carbonyl (C=O) groups excluding carboxylic acids is 1. The zero-order chi connectivity index (χ0) is 16.6. The van der Waals surface area contributed by atoms with E-state index in [1.807, 2.05) is 6.92 Å². The number of rotatable bonds is 0. The van der Waals surface area contributed by atoms with Crippen molar-refractivity contribution >= 4 is 5.78 Å². The van der Waals surface area contributed by atoms with Gasteiger partial charge in [-0.15, -0.1) is 0 Å². The highest BCUT2D eigenvalue weighted by Gasteiger charge is 2.60. The van der Waals surface area contributed by atoms with Gasteiger partial charge < -0.3 is 15.3 Å². The molecule has 0 saturated heterocycles. The molecule has 0 aliphatic heterocycles. The second-order valence-electron chi connectivity index (χ2n) is 8.56. The standard InChI is InChI=1S/C19H26O4/c1-18-8-3-4-11(18)10-5-6-13-14(20)15(21)16(22)17(23)19(13,2)12(10)7-9-18/h10-12,20-22H,3-9H2,1-2H3/t10-,11-,12-,18-,19+/m0/s1. The van der Waals surface area contributed by atoms with E-state index in [9.17, 15) is 20.1 Å². The van der Waals surface area contributed by atoms with Gasteiger partial charge in [-0.3, -0.25) is 4.79 Å². The van der Waals surface area contributed by atoms with Gasteiger partial charge in [-0.05, 0) is 74.2 Å². The van der Waals surface area contributed by atoms with E-state index in [4.69, 9.17) is 0 Å². The number of aliphatic hydroxyl groups is 3. The van der Waals surface area contributed by atoms with Crippen LogP contribution in [0, 0.1) is 28.6 Å². The molecule has 126 valence electrons. The average molecular weight is 318 g/mol. The highest BCUT2D eigenvalue weighted by atomic mass is 16.3. The summed E-state index contributed by atoms with van der Waals surface area (Å²) in [7, 11) is 0. The fourth-order valence-corrected chi connectivity index (χ4v) is 6.47. The lowest BCUT2D eigenvalue weighted by Gasteiger charge is -2.56. The molecule has 4 heteroatoms. The first kappa shape index (κ1) is 15.1. The first-order chi connectivity index (χ1) is 10.8. The summed E-state index contributed by atoms with van der Waals surface area (Å²) in [6, 6.07) is 0. The Morgan fingerprint density at radius 2 is 1.65 bits per heavy atom. The van der Waals surface area contributed by atoms with E-state index in [1.54, 1.807) is 0 Å². The number of Topliss-reactive ketones (excluding diaryl/α,β-unsaturated/α-hetero) is 1. The van der Waals surface area contributed by atoms with Gasteiger partial charge in [0.1, 0.15) is 0 Å². The van der Waals surface area contributed by atoms with Gasteiger partial charge in [0.2, 0.25) is 17.3 Å². The van der Waals surface area contributed by atoms with Crippen LogP contribution < -0.4 is 0 Å². The summed E-state index contributed by atoms with van der Waals surface area (Å²) < 4.78 is 0. The van der Waals surface area contributed by atoms with E-state index in [1.165, 1.54) is 19.3 Å². The average Bonchev–Trinajstić information content (AvgIpc) is 2.93. The molecule has 0 spiro atoms. The number of ketones is 1. The molecule has 5 atom stereocenters. The van der Waals surface area contributed by atoms with Crippen molar-refractivity contribution in [1.82, 2.24) is 0 Å². The topological polar surface area (TPSA) is 77.8 Å². The van der Waals surface area contributed by atoms with Crippen molar-refractivity contribution < 1.29 is 20.1 Å². The summed E-state index contributed by atoms with van der Waals surface area (Å²) >= 11 is 0. The Morgan fingerprint density at radius 3 is 2.39 bits per heavy atom. The molecule has 0 amide bonds. The Kier molecular flexibility index (Phi) is 2.99. The van der Waals surface area contributed by atoms with Crippen LogP contribution in [0.1, 0.15) is 58.8 Å². The zero-order valence-corrected chi connectivity index (χ0v) is 13.9. The maximum Gasteiger partial charge on any atom is 0.211 e. The van der Waals surface area contributed by atoms with Crippen molar-refractivity contribution in [2.45, 2.75) is 58.8 Å². The third-order valence-electron chi connectivity index (χ3n) is 7.74. The van der Waals surface area contributed by atoms with E-state index in [-0.39, 0.29) is 11.7 Å².